The predicted octanol–water partition coefficient (Wildman–Crippen LogP) is 0.872. The van der Waals surface area contributed by atoms with Gasteiger partial charge in [-0.3, -0.25) is 4.68 Å². The van der Waals surface area contributed by atoms with E-state index in [1.165, 1.54) is 0 Å². The lowest BCUT2D eigenvalue weighted by molar-refractivity contribution is 0.414. The van der Waals surface area contributed by atoms with E-state index in [2.05, 4.69) is 10.1 Å². The van der Waals surface area contributed by atoms with Crippen molar-refractivity contribution in [1.29, 1.82) is 0 Å². The summed E-state index contributed by atoms with van der Waals surface area (Å²) in [5, 5.41) is 4.18. The van der Waals surface area contributed by atoms with Crippen LogP contribution in [0.3, 0.4) is 0 Å². The standard InChI is InChI=1S/C11H14N4O/c1-15-7-13-11(14-15)10(12)8-3-5-9(16-2)6-4-8/h3-7,10H,12H2,1-2H3. The summed E-state index contributed by atoms with van der Waals surface area (Å²) in [6.45, 7) is 0. The Bertz CT molecular complexity index is 463. The molecule has 2 aromatic rings. The van der Waals surface area contributed by atoms with Gasteiger partial charge in [-0.1, -0.05) is 12.1 Å². The second kappa shape index (κ2) is 4.32. The molecule has 0 fully saturated rings. The van der Waals surface area contributed by atoms with Crippen LogP contribution in [0.4, 0.5) is 0 Å². The van der Waals surface area contributed by atoms with Crippen LogP contribution in [0.2, 0.25) is 0 Å². The van der Waals surface area contributed by atoms with Gasteiger partial charge >= 0.3 is 0 Å². The molecule has 0 radical (unpaired) electrons. The maximum atomic E-state index is 6.04. The Morgan fingerprint density at radius 1 is 1.31 bits per heavy atom. The summed E-state index contributed by atoms with van der Waals surface area (Å²) in [6.07, 6.45) is 1.64. The molecule has 0 spiro atoms. The number of methoxy groups -OCH3 is 1. The van der Waals surface area contributed by atoms with Gasteiger partial charge in [0.1, 0.15) is 12.1 Å². The van der Waals surface area contributed by atoms with Crippen molar-refractivity contribution >= 4 is 0 Å². The lowest BCUT2D eigenvalue weighted by Crippen LogP contribution is -2.14. The van der Waals surface area contributed by atoms with Gasteiger partial charge in [-0.25, -0.2) is 4.98 Å². The maximum Gasteiger partial charge on any atom is 0.171 e. The van der Waals surface area contributed by atoms with E-state index < -0.39 is 0 Å². The van der Waals surface area contributed by atoms with Gasteiger partial charge in [0.05, 0.1) is 13.2 Å². The molecule has 0 amide bonds. The number of nitrogens with zero attached hydrogens (tertiary/aromatic N) is 3. The average molecular weight is 218 g/mol. The molecule has 2 N–H and O–H groups in total. The molecule has 0 aliphatic carbocycles. The Hall–Kier alpha value is -1.88. The molecule has 16 heavy (non-hydrogen) atoms. The highest BCUT2D eigenvalue weighted by Crippen LogP contribution is 2.19. The van der Waals surface area contributed by atoms with E-state index in [9.17, 15) is 0 Å². The first-order valence-corrected chi connectivity index (χ1v) is 4.96. The second-order valence-corrected chi connectivity index (χ2v) is 3.53. The summed E-state index contributed by atoms with van der Waals surface area (Å²) >= 11 is 0. The third-order valence-corrected chi connectivity index (χ3v) is 2.37. The molecule has 84 valence electrons. The molecule has 0 bridgehead atoms. The summed E-state index contributed by atoms with van der Waals surface area (Å²) in [5.74, 6) is 1.43. The quantitative estimate of drug-likeness (QED) is 0.830. The van der Waals surface area contributed by atoms with Gasteiger partial charge in [0.2, 0.25) is 0 Å². The number of benzene rings is 1. The topological polar surface area (TPSA) is 66.0 Å². The normalized spacial score (nSPS) is 12.4. The molecule has 1 unspecified atom stereocenters. The highest BCUT2D eigenvalue weighted by molar-refractivity contribution is 5.31. The van der Waals surface area contributed by atoms with Crippen LogP contribution in [0.5, 0.6) is 5.75 Å². The average Bonchev–Trinajstić information content (AvgIpc) is 2.75. The molecular formula is C11H14N4O. The molecule has 1 heterocycles. The Morgan fingerprint density at radius 3 is 2.50 bits per heavy atom. The van der Waals surface area contributed by atoms with Crippen molar-refractivity contribution < 1.29 is 4.74 Å². The zero-order valence-corrected chi connectivity index (χ0v) is 9.29. The van der Waals surface area contributed by atoms with Gasteiger partial charge in [-0.05, 0) is 17.7 Å². The summed E-state index contributed by atoms with van der Waals surface area (Å²) < 4.78 is 6.72. The number of aromatic nitrogens is 3. The lowest BCUT2D eigenvalue weighted by Gasteiger charge is -2.08. The van der Waals surface area contributed by atoms with E-state index in [-0.39, 0.29) is 6.04 Å². The summed E-state index contributed by atoms with van der Waals surface area (Å²) in [6, 6.07) is 7.28. The van der Waals surface area contributed by atoms with Crippen molar-refractivity contribution in [2.45, 2.75) is 6.04 Å². The van der Waals surface area contributed by atoms with Crippen molar-refractivity contribution in [3.8, 4) is 5.75 Å². The van der Waals surface area contributed by atoms with E-state index >= 15 is 0 Å². The molecule has 0 saturated carbocycles. The van der Waals surface area contributed by atoms with Gasteiger partial charge in [0, 0.05) is 7.05 Å². The van der Waals surface area contributed by atoms with Crippen LogP contribution in [-0.2, 0) is 7.05 Å². The minimum Gasteiger partial charge on any atom is -0.497 e. The van der Waals surface area contributed by atoms with Crippen molar-refractivity contribution in [2.75, 3.05) is 7.11 Å². The third kappa shape index (κ3) is 2.04. The molecule has 1 atom stereocenters. The molecular weight excluding hydrogens is 204 g/mol. The molecule has 5 nitrogen and oxygen atoms in total. The highest BCUT2D eigenvalue weighted by Gasteiger charge is 2.12. The van der Waals surface area contributed by atoms with E-state index in [0.717, 1.165) is 11.3 Å². The lowest BCUT2D eigenvalue weighted by atomic mass is 10.1. The van der Waals surface area contributed by atoms with Crippen molar-refractivity contribution in [1.82, 2.24) is 14.8 Å². The van der Waals surface area contributed by atoms with E-state index in [1.54, 1.807) is 18.1 Å². The van der Waals surface area contributed by atoms with E-state index in [4.69, 9.17) is 10.5 Å². The van der Waals surface area contributed by atoms with E-state index in [1.807, 2.05) is 31.3 Å². The molecule has 0 saturated heterocycles. The zero-order chi connectivity index (χ0) is 11.5. The van der Waals surface area contributed by atoms with E-state index in [0.29, 0.717) is 5.82 Å². The number of nitrogens with two attached hydrogens (primary N) is 1. The first-order valence-electron chi connectivity index (χ1n) is 4.96. The molecule has 1 aromatic carbocycles. The number of rotatable bonds is 3. The molecule has 0 aliphatic heterocycles. The molecule has 1 aromatic heterocycles. The van der Waals surface area contributed by atoms with Crippen molar-refractivity contribution in [2.24, 2.45) is 12.8 Å². The Morgan fingerprint density at radius 2 is 2.00 bits per heavy atom. The zero-order valence-electron chi connectivity index (χ0n) is 9.29. The van der Waals surface area contributed by atoms with Crippen LogP contribution < -0.4 is 10.5 Å². The SMILES string of the molecule is COc1ccc(C(N)c2ncn(C)n2)cc1. The number of ether oxygens (including phenoxy) is 1. The van der Waals surface area contributed by atoms with Gasteiger partial charge in [-0.15, -0.1) is 0 Å². The Balaban J connectivity index is 2.23. The van der Waals surface area contributed by atoms with Crippen molar-refractivity contribution in [3.05, 3.63) is 42.0 Å². The Labute approximate surface area is 93.9 Å². The van der Waals surface area contributed by atoms with Gasteiger partial charge in [-0.2, -0.15) is 5.10 Å². The predicted molar refractivity (Wildman–Crippen MR) is 60.0 cm³/mol. The van der Waals surface area contributed by atoms with Crippen LogP contribution in [0.1, 0.15) is 17.4 Å². The fourth-order valence-electron chi connectivity index (χ4n) is 1.46. The third-order valence-electron chi connectivity index (χ3n) is 2.37. The molecule has 5 heteroatoms. The first kappa shape index (κ1) is 10.6. The van der Waals surface area contributed by atoms with Crippen LogP contribution >= 0.6 is 0 Å². The van der Waals surface area contributed by atoms with Crippen LogP contribution in [0, 0.1) is 0 Å². The maximum absolute atomic E-state index is 6.04. The summed E-state index contributed by atoms with van der Waals surface area (Å²) in [5.41, 5.74) is 7.01. The summed E-state index contributed by atoms with van der Waals surface area (Å²) in [7, 11) is 3.45. The van der Waals surface area contributed by atoms with Gasteiger partial charge in [0.25, 0.3) is 0 Å². The number of hydrogen-bond acceptors (Lipinski definition) is 4. The van der Waals surface area contributed by atoms with Gasteiger partial charge in [0.15, 0.2) is 5.82 Å². The Kier molecular flexibility index (Phi) is 2.87. The van der Waals surface area contributed by atoms with Crippen LogP contribution in [-0.4, -0.2) is 21.9 Å². The highest BCUT2D eigenvalue weighted by atomic mass is 16.5. The first-order chi connectivity index (χ1) is 7.70. The number of aryl methyl sites for hydroxylation is 1. The molecule has 0 aliphatic rings. The summed E-state index contributed by atoms with van der Waals surface area (Å²) in [4.78, 5) is 4.13. The minimum absolute atomic E-state index is 0.299. The number of hydrogen-bond donors (Lipinski definition) is 1. The second-order valence-electron chi connectivity index (χ2n) is 3.53. The smallest absolute Gasteiger partial charge is 0.171 e. The minimum atomic E-state index is -0.299. The van der Waals surface area contributed by atoms with Crippen LogP contribution in [0.25, 0.3) is 0 Å². The fourth-order valence-corrected chi connectivity index (χ4v) is 1.46. The van der Waals surface area contributed by atoms with Gasteiger partial charge < -0.3 is 10.5 Å². The fraction of sp³-hybridized carbons (Fsp3) is 0.273. The monoisotopic (exact) mass is 218 g/mol. The van der Waals surface area contributed by atoms with Crippen molar-refractivity contribution in [3.63, 3.8) is 0 Å². The molecule has 2 rings (SSSR count). The largest absolute Gasteiger partial charge is 0.497 e. The van der Waals surface area contributed by atoms with Crippen LogP contribution in [0.15, 0.2) is 30.6 Å².